The average Bonchev–Trinajstić information content (AvgIpc) is 3.70. The van der Waals surface area contributed by atoms with E-state index in [1.165, 1.54) is 49.6 Å². The summed E-state index contributed by atoms with van der Waals surface area (Å²) in [5.74, 6) is 0. The Morgan fingerprint density at radius 3 is 0.905 bits per heavy atom. The van der Waals surface area contributed by atoms with Crippen molar-refractivity contribution < 1.29 is 0 Å². The minimum atomic E-state index is 1.06. The van der Waals surface area contributed by atoms with Crippen molar-refractivity contribution in [3.63, 3.8) is 0 Å². The van der Waals surface area contributed by atoms with Gasteiger partial charge in [-0.25, -0.2) is 0 Å². The van der Waals surface area contributed by atoms with E-state index in [0.29, 0.717) is 0 Å². The number of nitrogens with zero attached hydrogens (tertiary/aromatic N) is 3. The van der Waals surface area contributed by atoms with Gasteiger partial charge in [0.25, 0.3) is 0 Å². The molecule has 11 rings (SSSR count). The van der Waals surface area contributed by atoms with Gasteiger partial charge in [0.1, 0.15) is 0 Å². The van der Waals surface area contributed by atoms with Crippen LogP contribution >= 0.6 is 0 Å². The number of anilines is 6. The van der Waals surface area contributed by atoms with Crippen LogP contribution in [0.5, 0.6) is 0 Å². The summed E-state index contributed by atoms with van der Waals surface area (Å²) in [4.78, 5) is 4.66. The van der Waals surface area contributed by atoms with Gasteiger partial charge in [-0.05, 0) is 149 Å². The third-order valence-electron chi connectivity index (χ3n) is 11.9. The molecule has 0 aliphatic rings. The highest BCUT2D eigenvalue weighted by molar-refractivity contribution is 6.09. The first kappa shape index (κ1) is 37.6. The highest BCUT2D eigenvalue weighted by Crippen LogP contribution is 2.41. The van der Waals surface area contributed by atoms with Gasteiger partial charge in [0, 0.05) is 50.6 Å². The van der Waals surface area contributed by atoms with Crippen LogP contribution in [0.25, 0.3) is 60.9 Å². The topological polar surface area (TPSA) is 11.4 Å². The number of fused-ring (bicyclic) bond motifs is 3. The molecule has 1 heterocycles. The van der Waals surface area contributed by atoms with E-state index in [-0.39, 0.29) is 0 Å². The maximum absolute atomic E-state index is 2.37. The van der Waals surface area contributed by atoms with Crippen LogP contribution in [0.3, 0.4) is 0 Å². The monoisotopic (exact) mass is 805 g/mol. The minimum Gasteiger partial charge on any atom is -0.311 e. The Hall–Kier alpha value is -8.40. The van der Waals surface area contributed by atoms with Crippen molar-refractivity contribution >= 4 is 55.9 Å². The molecule has 0 aliphatic heterocycles. The molecule has 10 aromatic carbocycles. The van der Waals surface area contributed by atoms with Crippen LogP contribution in [0, 0.1) is 0 Å². The molecular weight excluding hydrogens is 763 g/mol. The first-order chi connectivity index (χ1) is 31.2. The SMILES string of the molecule is c1ccc(-c2cc(-c3ccccc3)cc(-c3ccc(N(c4ccc(N(c5ccccc5)c5ccccc5)cc4)c4ccc(-n5c6ccccc6c6ccccc65)cc4)cc3)c2)cc1. The van der Waals surface area contributed by atoms with Crippen molar-refractivity contribution in [2.24, 2.45) is 0 Å². The number of benzene rings is 10. The predicted octanol–water partition coefficient (Wildman–Crippen LogP) is 16.7. The summed E-state index contributed by atoms with van der Waals surface area (Å²) >= 11 is 0. The summed E-state index contributed by atoms with van der Waals surface area (Å²) in [6.45, 7) is 0. The van der Waals surface area contributed by atoms with Crippen LogP contribution < -0.4 is 9.80 Å². The van der Waals surface area contributed by atoms with E-state index < -0.39 is 0 Å². The standard InChI is InChI=1S/C60H43N3/c1-5-17-44(18-6-1)47-41-48(45-19-7-2-8-20-45)43-49(42-47)46-29-31-52(32-30-46)62(54-35-33-53(34-36-54)61(50-21-9-3-10-22-50)51-23-11-4-12-24-51)55-37-39-56(40-38-55)63-59-27-15-13-25-57(59)58-26-14-16-28-60(58)63/h1-43H. The molecule has 11 aromatic rings. The van der Waals surface area contributed by atoms with E-state index >= 15 is 0 Å². The molecule has 0 bridgehead atoms. The molecule has 0 spiro atoms. The van der Waals surface area contributed by atoms with Gasteiger partial charge >= 0.3 is 0 Å². The predicted molar refractivity (Wildman–Crippen MR) is 266 cm³/mol. The maximum Gasteiger partial charge on any atom is 0.0541 e. The lowest BCUT2D eigenvalue weighted by Gasteiger charge is -2.28. The fraction of sp³-hybridized carbons (Fsp3) is 0. The van der Waals surface area contributed by atoms with Crippen molar-refractivity contribution in [3.05, 3.63) is 261 Å². The lowest BCUT2D eigenvalue weighted by molar-refractivity contribution is 1.17. The second kappa shape index (κ2) is 16.6. The number of para-hydroxylation sites is 4. The zero-order valence-electron chi connectivity index (χ0n) is 34.7. The first-order valence-electron chi connectivity index (χ1n) is 21.5. The van der Waals surface area contributed by atoms with Crippen molar-refractivity contribution in [2.45, 2.75) is 0 Å². The molecule has 0 amide bonds. The molecule has 0 unspecified atom stereocenters. The normalized spacial score (nSPS) is 11.2. The van der Waals surface area contributed by atoms with E-state index in [1.54, 1.807) is 0 Å². The van der Waals surface area contributed by atoms with Gasteiger partial charge in [-0.1, -0.05) is 146 Å². The molecular formula is C60H43N3. The van der Waals surface area contributed by atoms with Gasteiger partial charge < -0.3 is 14.4 Å². The van der Waals surface area contributed by atoms with Crippen molar-refractivity contribution in [1.29, 1.82) is 0 Å². The summed E-state index contributed by atoms with van der Waals surface area (Å²) in [6.07, 6.45) is 0. The molecule has 0 aliphatic carbocycles. The van der Waals surface area contributed by atoms with Crippen LogP contribution in [0.15, 0.2) is 261 Å². The van der Waals surface area contributed by atoms with Crippen LogP contribution in [0.2, 0.25) is 0 Å². The van der Waals surface area contributed by atoms with Crippen LogP contribution in [0.1, 0.15) is 0 Å². The molecule has 0 fully saturated rings. The molecule has 0 saturated carbocycles. The first-order valence-corrected chi connectivity index (χ1v) is 21.5. The summed E-state index contributed by atoms with van der Waals surface area (Å²) in [6, 6.07) is 93.7. The summed E-state index contributed by atoms with van der Waals surface area (Å²) in [5, 5.41) is 2.51. The number of hydrogen-bond donors (Lipinski definition) is 0. The zero-order valence-corrected chi connectivity index (χ0v) is 34.7. The second-order valence-corrected chi connectivity index (χ2v) is 15.8. The molecule has 0 saturated heterocycles. The number of aromatic nitrogens is 1. The van der Waals surface area contributed by atoms with Crippen LogP contribution in [-0.2, 0) is 0 Å². The highest BCUT2D eigenvalue weighted by atomic mass is 15.2. The highest BCUT2D eigenvalue weighted by Gasteiger charge is 2.18. The Kier molecular flexibility index (Phi) is 9.89. The second-order valence-electron chi connectivity index (χ2n) is 15.8. The maximum atomic E-state index is 2.37. The molecule has 3 nitrogen and oxygen atoms in total. The lowest BCUT2D eigenvalue weighted by Crippen LogP contribution is -2.12. The smallest absolute Gasteiger partial charge is 0.0541 e. The molecule has 3 heteroatoms. The van der Waals surface area contributed by atoms with Gasteiger partial charge in [-0.15, -0.1) is 0 Å². The largest absolute Gasteiger partial charge is 0.311 e. The molecule has 0 N–H and O–H groups in total. The van der Waals surface area contributed by atoms with Gasteiger partial charge in [0.15, 0.2) is 0 Å². The zero-order chi connectivity index (χ0) is 42.0. The summed E-state index contributed by atoms with van der Waals surface area (Å²) in [7, 11) is 0. The van der Waals surface area contributed by atoms with E-state index in [0.717, 1.165) is 45.4 Å². The van der Waals surface area contributed by atoms with Crippen LogP contribution in [-0.4, -0.2) is 4.57 Å². The number of rotatable bonds is 10. The van der Waals surface area contributed by atoms with E-state index in [9.17, 15) is 0 Å². The van der Waals surface area contributed by atoms with Crippen molar-refractivity contribution in [2.75, 3.05) is 9.80 Å². The lowest BCUT2D eigenvalue weighted by atomic mass is 9.93. The molecule has 298 valence electrons. The Morgan fingerprint density at radius 2 is 0.508 bits per heavy atom. The van der Waals surface area contributed by atoms with Crippen LogP contribution in [0.4, 0.5) is 34.1 Å². The van der Waals surface area contributed by atoms with Crippen molar-refractivity contribution in [1.82, 2.24) is 4.57 Å². The fourth-order valence-corrected chi connectivity index (χ4v) is 8.94. The molecule has 1 aromatic heterocycles. The third-order valence-corrected chi connectivity index (χ3v) is 11.9. The third kappa shape index (κ3) is 7.32. The van der Waals surface area contributed by atoms with Crippen molar-refractivity contribution in [3.8, 4) is 39.1 Å². The molecule has 63 heavy (non-hydrogen) atoms. The Labute approximate surface area is 368 Å². The van der Waals surface area contributed by atoms with Gasteiger partial charge in [0.2, 0.25) is 0 Å². The van der Waals surface area contributed by atoms with Gasteiger partial charge in [-0.2, -0.15) is 0 Å². The molecule has 0 radical (unpaired) electrons. The minimum absolute atomic E-state index is 1.06. The molecule has 0 atom stereocenters. The summed E-state index contributed by atoms with van der Waals surface area (Å²) in [5.41, 5.74) is 17.1. The van der Waals surface area contributed by atoms with Gasteiger partial charge in [-0.3, -0.25) is 0 Å². The fourth-order valence-electron chi connectivity index (χ4n) is 8.94. The van der Waals surface area contributed by atoms with E-state index in [2.05, 4.69) is 275 Å². The van der Waals surface area contributed by atoms with Gasteiger partial charge in [0.05, 0.1) is 11.0 Å². The Balaban J connectivity index is 1.01. The Morgan fingerprint density at radius 1 is 0.222 bits per heavy atom. The number of hydrogen-bond acceptors (Lipinski definition) is 2. The summed E-state index contributed by atoms with van der Waals surface area (Å²) < 4.78 is 2.37. The Bertz CT molecular complexity index is 3140. The average molecular weight is 806 g/mol. The van der Waals surface area contributed by atoms with E-state index in [4.69, 9.17) is 0 Å². The van der Waals surface area contributed by atoms with E-state index in [1.807, 2.05) is 0 Å². The quantitative estimate of drug-likeness (QED) is 0.136.